The molecule has 0 aliphatic rings. The lowest BCUT2D eigenvalue weighted by Gasteiger charge is -2.11. The third-order valence-electron chi connectivity index (χ3n) is 5.30. The second kappa shape index (κ2) is 11.0. The van der Waals surface area contributed by atoms with Crippen LogP contribution in [0.25, 0.3) is 21.5 Å². The summed E-state index contributed by atoms with van der Waals surface area (Å²) in [7, 11) is -2.78. The van der Waals surface area contributed by atoms with Gasteiger partial charge in [0.15, 0.2) is 0 Å². The Morgan fingerprint density at radius 1 is 1.26 bits per heavy atom. The zero-order valence-electron chi connectivity index (χ0n) is 20.2. The number of fused-ring (bicyclic) bond motifs is 1. The normalized spacial score (nSPS) is 11.2. The molecule has 198 valence electrons. The van der Waals surface area contributed by atoms with Gasteiger partial charge in [0, 0.05) is 30.6 Å². The van der Waals surface area contributed by atoms with Gasteiger partial charge < -0.3 is 19.4 Å². The zero-order valence-corrected chi connectivity index (χ0v) is 21.8. The molecule has 1 aromatic carbocycles. The molecule has 0 unspecified atom stereocenters. The number of thiophene rings is 1. The smallest absolute Gasteiger partial charge is 0.299 e. The van der Waals surface area contributed by atoms with Crippen molar-refractivity contribution in [1.29, 1.82) is 5.26 Å². The molecule has 3 heterocycles. The zero-order chi connectivity index (χ0) is 27.4. The molecule has 15 heteroatoms. The Morgan fingerprint density at radius 3 is 2.74 bits per heavy atom. The number of aromatic nitrogens is 3. The van der Waals surface area contributed by atoms with E-state index in [2.05, 4.69) is 21.4 Å². The SMILES string of the molecule is CCOc1cc(-c2cc(NCCn3c(C#N)cc4c(OC)ccc(F)c43)ncn2)sc1C(=O)NS(N)(=O)=O. The van der Waals surface area contributed by atoms with Crippen LogP contribution in [0, 0.1) is 17.1 Å². The van der Waals surface area contributed by atoms with Gasteiger partial charge in [-0.2, -0.15) is 13.7 Å². The summed E-state index contributed by atoms with van der Waals surface area (Å²) in [6.45, 7) is 2.51. The lowest BCUT2D eigenvalue weighted by Crippen LogP contribution is -2.35. The summed E-state index contributed by atoms with van der Waals surface area (Å²) >= 11 is 0.975. The first kappa shape index (κ1) is 26.8. The molecule has 1 amide bonds. The number of benzene rings is 1. The second-order valence-electron chi connectivity index (χ2n) is 7.73. The molecule has 0 spiro atoms. The van der Waals surface area contributed by atoms with Crippen molar-refractivity contribution in [1.82, 2.24) is 19.3 Å². The van der Waals surface area contributed by atoms with Crippen LogP contribution in [0.1, 0.15) is 22.3 Å². The van der Waals surface area contributed by atoms with Crippen LogP contribution in [0.4, 0.5) is 10.2 Å². The minimum Gasteiger partial charge on any atom is -0.496 e. The van der Waals surface area contributed by atoms with Crippen LogP contribution in [-0.2, 0) is 16.8 Å². The third-order valence-corrected chi connectivity index (χ3v) is 6.91. The number of nitrogens with two attached hydrogens (primary N) is 1. The number of nitriles is 1. The highest BCUT2D eigenvalue weighted by molar-refractivity contribution is 7.87. The Balaban J connectivity index is 1.55. The summed E-state index contributed by atoms with van der Waals surface area (Å²) in [6.07, 6.45) is 1.32. The Hall–Kier alpha value is -4.26. The molecule has 12 nitrogen and oxygen atoms in total. The molecule has 0 saturated heterocycles. The average molecular weight is 560 g/mol. The number of nitrogens with one attached hydrogen (secondary N) is 2. The summed E-state index contributed by atoms with van der Waals surface area (Å²) in [5.41, 5.74) is 0.988. The minimum atomic E-state index is -4.26. The van der Waals surface area contributed by atoms with Crippen LogP contribution in [0.2, 0.25) is 0 Å². The predicted octanol–water partition coefficient (Wildman–Crippen LogP) is 2.62. The summed E-state index contributed by atoms with van der Waals surface area (Å²) < 4.78 is 51.3. The van der Waals surface area contributed by atoms with Crippen molar-refractivity contribution in [2.24, 2.45) is 5.14 Å². The van der Waals surface area contributed by atoms with Gasteiger partial charge in [-0.25, -0.2) is 24.2 Å². The van der Waals surface area contributed by atoms with Crippen LogP contribution in [-0.4, -0.2) is 49.1 Å². The Bertz CT molecular complexity index is 1660. The molecule has 0 fully saturated rings. The summed E-state index contributed by atoms with van der Waals surface area (Å²) in [4.78, 5) is 21.4. The minimum absolute atomic E-state index is 0.0185. The van der Waals surface area contributed by atoms with Crippen molar-refractivity contribution in [2.45, 2.75) is 13.5 Å². The van der Waals surface area contributed by atoms with Gasteiger partial charge in [0.1, 0.15) is 46.1 Å². The maximum atomic E-state index is 14.6. The lowest BCUT2D eigenvalue weighted by atomic mass is 10.2. The van der Waals surface area contributed by atoms with Crippen molar-refractivity contribution < 1.29 is 27.1 Å². The first-order chi connectivity index (χ1) is 18.1. The number of carbonyl (C=O) groups excluding carboxylic acids is 1. The fraction of sp³-hybridized carbons (Fsp3) is 0.217. The molecule has 0 aliphatic carbocycles. The molecule has 4 N–H and O–H groups in total. The molecule has 38 heavy (non-hydrogen) atoms. The molecular weight excluding hydrogens is 537 g/mol. The average Bonchev–Trinajstić information content (AvgIpc) is 3.46. The van der Waals surface area contributed by atoms with E-state index in [0.29, 0.717) is 34.1 Å². The number of amides is 1. The predicted molar refractivity (Wildman–Crippen MR) is 139 cm³/mol. The molecule has 4 rings (SSSR count). The molecule has 0 saturated carbocycles. The topological polar surface area (TPSA) is 174 Å². The fourth-order valence-electron chi connectivity index (χ4n) is 3.80. The van der Waals surface area contributed by atoms with Crippen molar-refractivity contribution in [3.8, 4) is 28.1 Å². The lowest BCUT2D eigenvalue weighted by molar-refractivity contribution is 0.0982. The van der Waals surface area contributed by atoms with Crippen LogP contribution in [0.3, 0.4) is 0 Å². The number of rotatable bonds is 10. The van der Waals surface area contributed by atoms with Gasteiger partial charge in [-0.1, -0.05) is 0 Å². The number of anilines is 1. The number of hydrogen-bond donors (Lipinski definition) is 3. The first-order valence-electron chi connectivity index (χ1n) is 11.1. The molecule has 4 aromatic rings. The van der Waals surface area contributed by atoms with Crippen LogP contribution in [0.5, 0.6) is 11.5 Å². The van der Waals surface area contributed by atoms with E-state index in [4.69, 9.17) is 14.6 Å². The van der Waals surface area contributed by atoms with Gasteiger partial charge in [-0.05, 0) is 25.1 Å². The Kier molecular flexibility index (Phi) is 7.76. The van der Waals surface area contributed by atoms with Gasteiger partial charge in [0.25, 0.3) is 16.1 Å². The second-order valence-corrected chi connectivity index (χ2v) is 10.1. The van der Waals surface area contributed by atoms with Gasteiger partial charge in [-0.15, -0.1) is 11.3 Å². The summed E-state index contributed by atoms with van der Waals surface area (Å²) in [5.74, 6) is -0.315. The van der Waals surface area contributed by atoms with E-state index in [9.17, 15) is 22.9 Å². The van der Waals surface area contributed by atoms with Gasteiger partial charge in [0.05, 0.1) is 29.8 Å². The van der Waals surface area contributed by atoms with Gasteiger partial charge >= 0.3 is 0 Å². The van der Waals surface area contributed by atoms with E-state index in [1.54, 1.807) is 34.4 Å². The largest absolute Gasteiger partial charge is 0.496 e. The summed E-state index contributed by atoms with van der Waals surface area (Å²) in [5, 5.41) is 18.1. The molecular formula is C23H22FN7O5S2. The fourth-order valence-corrected chi connectivity index (χ4v) is 5.19. The van der Waals surface area contributed by atoms with Crippen molar-refractivity contribution in [2.75, 3.05) is 25.6 Å². The maximum Gasteiger partial charge on any atom is 0.299 e. The van der Waals surface area contributed by atoms with E-state index in [-0.39, 0.29) is 35.0 Å². The van der Waals surface area contributed by atoms with Crippen LogP contribution >= 0.6 is 11.3 Å². The van der Waals surface area contributed by atoms with E-state index in [1.165, 1.54) is 25.6 Å². The number of halogens is 1. The quantitative estimate of drug-likeness (QED) is 0.264. The molecule has 0 radical (unpaired) electrons. The van der Waals surface area contributed by atoms with Gasteiger partial charge in [0.2, 0.25) is 0 Å². The number of hydrogen-bond acceptors (Lipinski definition) is 10. The van der Waals surface area contributed by atoms with E-state index in [1.807, 2.05) is 0 Å². The molecule has 0 aliphatic heterocycles. The first-order valence-corrected chi connectivity index (χ1v) is 13.4. The number of ether oxygens (including phenoxy) is 2. The number of nitrogens with zero attached hydrogens (tertiary/aromatic N) is 4. The maximum absolute atomic E-state index is 14.6. The van der Waals surface area contributed by atoms with E-state index >= 15 is 0 Å². The molecule has 3 aromatic heterocycles. The monoisotopic (exact) mass is 559 g/mol. The Morgan fingerprint density at radius 2 is 2.05 bits per heavy atom. The summed E-state index contributed by atoms with van der Waals surface area (Å²) in [6, 6.07) is 9.66. The number of carbonyl (C=O) groups is 1. The van der Waals surface area contributed by atoms with Crippen molar-refractivity contribution >= 4 is 44.2 Å². The van der Waals surface area contributed by atoms with Crippen LogP contribution < -0.4 is 24.7 Å². The number of methoxy groups -OCH3 is 1. The third kappa shape index (κ3) is 5.67. The standard InChI is InChI=1S/C23H22FN7O5S2/c1-3-36-18-10-19(37-22(18)23(32)30-38(26,33)34)16-9-20(29-12-28-16)27-6-7-31-13(11-25)8-14-17(35-2)5-4-15(24)21(14)31/h4-5,8-10,12H,3,6-7H2,1-2H3,(H,30,32)(H2,26,33,34)(H,27,28,29). The van der Waals surface area contributed by atoms with Crippen molar-refractivity contribution in [3.05, 3.63) is 53.0 Å². The van der Waals surface area contributed by atoms with E-state index < -0.39 is 21.9 Å². The highest BCUT2D eigenvalue weighted by Gasteiger charge is 2.22. The van der Waals surface area contributed by atoms with Crippen molar-refractivity contribution in [3.63, 3.8) is 0 Å². The molecule has 0 bridgehead atoms. The van der Waals surface area contributed by atoms with Gasteiger partial charge in [-0.3, -0.25) is 4.79 Å². The van der Waals surface area contributed by atoms with E-state index in [0.717, 1.165) is 11.3 Å². The highest BCUT2D eigenvalue weighted by Crippen LogP contribution is 2.36. The van der Waals surface area contributed by atoms with Crippen LogP contribution in [0.15, 0.2) is 36.7 Å². The Labute approximate surface area is 221 Å². The molecule has 0 atom stereocenters. The highest BCUT2D eigenvalue weighted by atomic mass is 32.2.